The SMILES string of the molecule is CC(=O)OCC1O[C@H](Sc2cc(Cl)c(C#N)cc2F)C(OC(C)=O)C(n2cc(-c3ccsc3)nn2)[C@H]1OC(C)=O. The molecule has 11 nitrogen and oxygen atoms in total. The first-order valence-electron chi connectivity index (χ1n) is 11.7. The van der Waals surface area contributed by atoms with E-state index in [9.17, 15) is 24.0 Å². The molecular formula is C25H22ClFN4O7S2. The number of esters is 3. The first kappa shape index (κ1) is 29.5. The normalized spacial score (nSPS) is 22.2. The molecule has 5 atom stereocenters. The number of ether oxygens (including phenoxy) is 4. The second-order valence-electron chi connectivity index (χ2n) is 8.57. The molecule has 1 fully saturated rings. The predicted molar refractivity (Wildman–Crippen MR) is 141 cm³/mol. The summed E-state index contributed by atoms with van der Waals surface area (Å²) in [6, 6.07) is 4.86. The fourth-order valence-electron chi connectivity index (χ4n) is 4.07. The maximum Gasteiger partial charge on any atom is 0.303 e. The monoisotopic (exact) mass is 608 g/mol. The van der Waals surface area contributed by atoms with E-state index in [4.69, 9.17) is 30.5 Å². The van der Waals surface area contributed by atoms with Gasteiger partial charge in [-0.15, -0.1) is 5.10 Å². The smallest absolute Gasteiger partial charge is 0.303 e. The van der Waals surface area contributed by atoms with Gasteiger partial charge < -0.3 is 18.9 Å². The number of hydrogen-bond donors (Lipinski definition) is 0. The van der Waals surface area contributed by atoms with Crippen LogP contribution in [0.3, 0.4) is 0 Å². The van der Waals surface area contributed by atoms with Crippen LogP contribution in [-0.4, -0.2) is 63.3 Å². The molecule has 1 saturated heterocycles. The van der Waals surface area contributed by atoms with E-state index in [1.807, 2.05) is 16.8 Å². The third kappa shape index (κ3) is 6.79. The van der Waals surface area contributed by atoms with Crippen LogP contribution in [0.4, 0.5) is 4.39 Å². The molecule has 3 aromatic rings. The van der Waals surface area contributed by atoms with Crippen molar-refractivity contribution in [2.45, 2.75) is 55.5 Å². The van der Waals surface area contributed by atoms with Crippen LogP contribution in [0.5, 0.6) is 0 Å². The van der Waals surface area contributed by atoms with Gasteiger partial charge in [0.25, 0.3) is 0 Å². The van der Waals surface area contributed by atoms with E-state index in [0.717, 1.165) is 23.4 Å². The number of nitriles is 1. The van der Waals surface area contributed by atoms with Gasteiger partial charge in [-0.3, -0.25) is 14.4 Å². The lowest BCUT2D eigenvalue weighted by molar-refractivity contribution is -0.212. The Balaban J connectivity index is 1.81. The highest BCUT2D eigenvalue weighted by Gasteiger charge is 2.52. The maximum atomic E-state index is 15.0. The van der Waals surface area contributed by atoms with Crippen molar-refractivity contribution in [2.24, 2.45) is 0 Å². The lowest BCUT2D eigenvalue weighted by Gasteiger charge is -2.44. The summed E-state index contributed by atoms with van der Waals surface area (Å²) in [7, 11) is 0. The van der Waals surface area contributed by atoms with Crippen molar-refractivity contribution >= 4 is 52.6 Å². The van der Waals surface area contributed by atoms with E-state index in [0.29, 0.717) is 5.69 Å². The van der Waals surface area contributed by atoms with Gasteiger partial charge in [-0.25, -0.2) is 9.07 Å². The Hall–Kier alpha value is -3.51. The first-order valence-corrected chi connectivity index (χ1v) is 13.9. The largest absolute Gasteiger partial charge is 0.463 e. The van der Waals surface area contributed by atoms with Crippen molar-refractivity contribution < 1.29 is 37.7 Å². The topological polar surface area (TPSA) is 143 Å². The molecule has 40 heavy (non-hydrogen) atoms. The van der Waals surface area contributed by atoms with Crippen LogP contribution in [0.2, 0.25) is 5.02 Å². The summed E-state index contributed by atoms with van der Waals surface area (Å²) in [5.41, 5.74) is 0.0944. The van der Waals surface area contributed by atoms with Crippen molar-refractivity contribution in [1.82, 2.24) is 15.0 Å². The molecule has 4 rings (SSSR count). The highest BCUT2D eigenvalue weighted by molar-refractivity contribution is 7.99. The maximum absolute atomic E-state index is 15.0. The van der Waals surface area contributed by atoms with Gasteiger partial charge in [0.05, 0.1) is 16.8 Å². The summed E-state index contributed by atoms with van der Waals surface area (Å²) in [5.74, 6) is -2.74. The van der Waals surface area contributed by atoms with Crippen LogP contribution in [-0.2, 0) is 33.3 Å². The Bertz CT molecular complexity index is 1450. The van der Waals surface area contributed by atoms with E-state index >= 15 is 0 Å². The van der Waals surface area contributed by atoms with Crippen molar-refractivity contribution in [3.8, 4) is 17.3 Å². The van der Waals surface area contributed by atoms with E-state index in [-0.39, 0.29) is 22.1 Å². The van der Waals surface area contributed by atoms with Crippen molar-refractivity contribution in [3.05, 3.63) is 51.6 Å². The van der Waals surface area contributed by atoms with E-state index in [1.54, 1.807) is 12.3 Å². The number of aromatic nitrogens is 3. The summed E-state index contributed by atoms with van der Waals surface area (Å²) in [6.45, 7) is 3.24. The van der Waals surface area contributed by atoms with E-state index in [1.165, 1.54) is 42.9 Å². The van der Waals surface area contributed by atoms with Gasteiger partial charge in [0, 0.05) is 36.6 Å². The molecule has 1 aliphatic rings. The summed E-state index contributed by atoms with van der Waals surface area (Å²) < 4.78 is 39.0. The number of hydrogen-bond acceptors (Lipinski definition) is 12. The molecule has 210 valence electrons. The second-order valence-corrected chi connectivity index (χ2v) is 10.9. The minimum atomic E-state index is -1.20. The Morgan fingerprint density at radius 3 is 2.55 bits per heavy atom. The number of halogens is 2. The molecule has 2 aromatic heterocycles. The number of benzene rings is 1. The molecule has 3 unspecified atom stereocenters. The Labute approximate surface area is 241 Å². The number of rotatable bonds is 8. The van der Waals surface area contributed by atoms with Gasteiger partial charge in [0.1, 0.15) is 41.8 Å². The van der Waals surface area contributed by atoms with Gasteiger partial charge in [-0.1, -0.05) is 28.6 Å². The summed E-state index contributed by atoms with van der Waals surface area (Å²) in [5, 5.41) is 21.4. The van der Waals surface area contributed by atoms with Crippen LogP contribution < -0.4 is 0 Å². The third-order valence-electron chi connectivity index (χ3n) is 5.69. The van der Waals surface area contributed by atoms with Crippen LogP contribution in [0, 0.1) is 17.1 Å². The fourth-order valence-corrected chi connectivity index (χ4v) is 6.15. The summed E-state index contributed by atoms with van der Waals surface area (Å²) >= 11 is 8.43. The number of carbonyl (C=O) groups is 3. The van der Waals surface area contributed by atoms with Gasteiger partial charge in [0.2, 0.25) is 0 Å². The summed E-state index contributed by atoms with van der Waals surface area (Å²) in [6.07, 6.45) is -1.85. The molecule has 0 spiro atoms. The van der Waals surface area contributed by atoms with Crippen LogP contribution in [0.1, 0.15) is 32.4 Å². The van der Waals surface area contributed by atoms with Crippen LogP contribution in [0.25, 0.3) is 11.3 Å². The molecule has 3 heterocycles. The molecular weight excluding hydrogens is 587 g/mol. The molecule has 0 saturated carbocycles. The highest BCUT2D eigenvalue weighted by atomic mass is 35.5. The fraction of sp³-hybridized carbons (Fsp3) is 0.360. The lowest BCUT2D eigenvalue weighted by atomic mass is 9.96. The molecule has 0 aliphatic carbocycles. The Morgan fingerprint density at radius 2 is 1.93 bits per heavy atom. The Morgan fingerprint density at radius 1 is 1.20 bits per heavy atom. The molecule has 15 heteroatoms. The van der Waals surface area contributed by atoms with Crippen LogP contribution in [0.15, 0.2) is 40.1 Å². The van der Waals surface area contributed by atoms with Gasteiger partial charge in [-0.2, -0.15) is 16.6 Å². The molecule has 0 N–H and O–H groups in total. The zero-order chi connectivity index (χ0) is 29.0. The minimum Gasteiger partial charge on any atom is -0.463 e. The molecule has 0 bridgehead atoms. The average molecular weight is 609 g/mol. The molecule has 1 aromatic carbocycles. The Kier molecular flexibility index (Phi) is 9.41. The van der Waals surface area contributed by atoms with Crippen molar-refractivity contribution in [1.29, 1.82) is 5.26 Å². The molecule has 0 radical (unpaired) electrons. The van der Waals surface area contributed by atoms with Gasteiger partial charge in [-0.05, 0) is 23.6 Å². The quantitative estimate of drug-likeness (QED) is 0.269. The van der Waals surface area contributed by atoms with Crippen molar-refractivity contribution in [2.75, 3.05) is 6.61 Å². The van der Waals surface area contributed by atoms with E-state index < -0.39 is 53.5 Å². The lowest BCUT2D eigenvalue weighted by Crippen LogP contribution is -2.57. The first-order chi connectivity index (χ1) is 19.1. The average Bonchev–Trinajstić information content (AvgIpc) is 3.58. The van der Waals surface area contributed by atoms with Crippen LogP contribution >= 0.6 is 34.7 Å². The second kappa shape index (κ2) is 12.8. The van der Waals surface area contributed by atoms with E-state index in [2.05, 4.69) is 10.3 Å². The van der Waals surface area contributed by atoms with Gasteiger partial charge in [0.15, 0.2) is 12.2 Å². The molecule has 1 aliphatic heterocycles. The third-order valence-corrected chi connectivity index (χ3v) is 7.86. The predicted octanol–water partition coefficient (Wildman–Crippen LogP) is 4.16. The highest BCUT2D eigenvalue weighted by Crippen LogP contribution is 2.42. The summed E-state index contributed by atoms with van der Waals surface area (Å²) in [4.78, 5) is 36.1. The zero-order valence-electron chi connectivity index (χ0n) is 21.3. The number of carbonyl (C=O) groups excluding carboxylic acids is 3. The van der Waals surface area contributed by atoms with Gasteiger partial charge >= 0.3 is 17.9 Å². The van der Waals surface area contributed by atoms with Crippen molar-refractivity contribution in [3.63, 3.8) is 0 Å². The standard InChI is InChI=1S/C25H22ClFN4O7S2/c1-12(32)35-10-20-23(36-13(2)33)22(31-9-19(29-30-31)15-4-5-39-11-15)24(37-14(3)34)25(38-20)40-21-7-17(26)16(8-28)6-18(21)27/h4-7,9,11,20,22-25H,10H2,1-3H3/t20?,22?,23-,24?,25+/m0/s1. The minimum absolute atomic E-state index is 0.000345. The molecule has 0 amide bonds. The zero-order valence-corrected chi connectivity index (χ0v) is 23.7. The number of nitrogens with zero attached hydrogens (tertiary/aromatic N) is 4. The number of thiophene rings is 1. The number of thioether (sulfide) groups is 1.